The first kappa shape index (κ1) is 25.5. The predicted molar refractivity (Wildman–Crippen MR) is 138 cm³/mol. The Morgan fingerprint density at radius 1 is 1.06 bits per heavy atom. The minimum atomic E-state index is -0.703. The molecule has 2 aromatic carbocycles. The SMILES string of the molecule is COC(=O)c1cc(C=C(CNC(=O)OCc2ccccc2)B2OC(C)(C)C(C)(C)O2)cc2[nH]ccc12. The van der Waals surface area contributed by atoms with Crippen molar-refractivity contribution in [3.05, 3.63) is 76.9 Å². The van der Waals surface area contributed by atoms with Gasteiger partial charge < -0.3 is 29.1 Å². The molecule has 2 heterocycles. The zero-order valence-corrected chi connectivity index (χ0v) is 21.2. The number of aromatic nitrogens is 1. The maximum Gasteiger partial charge on any atom is 0.492 e. The molecule has 2 N–H and O–H groups in total. The van der Waals surface area contributed by atoms with E-state index in [0.29, 0.717) is 11.0 Å². The molecular weight excluding hydrogens is 459 g/mol. The summed E-state index contributed by atoms with van der Waals surface area (Å²) in [5, 5.41) is 3.56. The second-order valence-corrected chi connectivity index (χ2v) is 9.72. The van der Waals surface area contributed by atoms with Crippen LogP contribution in [0.25, 0.3) is 17.0 Å². The molecule has 0 radical (unpaired) electrons. The van der Waals surface area contributed by atoms with Gasteiger partial charge in [-0.1, -0.05) is 36.4 Å². The summed E-state index contributed by atoms with van der Waals surface area (Å²) < 4.78 is 22.8. The van der Waals surface area contributed by atoms with Crippen LogP contribution < -0.4 is 5.32 Å². The number of carbonyl (C=O) groups is 2. The number of ether oxygens (including phenoxy) is 2. The van der Waals surface area contributed by atoms with Crippen LogP contribution in [0.3, 0.4) is 0 Å². The first-order valence-electron chi connectivity index (χ1n) is 11.8. The third-order valence-corrected chi connectivity index (χ3v) is 6.65. The molecule has 1 amide bonds. The lowest BCUT2D eigenvalue weighted by atomic mass is 9.77. The number of hydrogen-bond acceptors (Lipinski definition) is 6. The number of esters is 1. The van der Waals surface area contributed by atoms with E-state index in [0.717, 1.165) is 22.0 Å². The first-order chi connectivity index (χ1) is 17.1. The number of hydrogen-bond donors (Lipinski definition) is 2. The highest BCUT2D eigenvalue weighted by atomic mass is 16.7. The molecule has 4 rings (SSSR count). The number of methoxy groups -OCH3 is 1. The fourth-order valence-electron chi connectivity index (χ4n) is 3.91. The third kappa shape index (κ3) is 5.47. The van der Waals surface area contributed by atoms with Crippen molar-refractivity contribution in [1.29, 1.82) is 0 Å². The van der Waals surface area contributed by atoms with E-state index in [1.165, 1.54) is 7.11 Å². The largest absolute Gasteiger partial charge is 0.492 e. The Morgan fingerprint density at radius 2 is 1.75 bits per heavy atom. The molecule has 1 saturated heterocycles. The van der Waals surface area contributed by atoms with E-state index in [1.54, 1.807) is 12.3 Å². The quantitative estimate of drug-likeness (QED) is 0.361. The van der Waals surface area contributed by atoms with Gasteiger partial charge in [-0.05, 0) is 62.5 Å². The second-order valence-electron chi connectivity index (χ2n) is 9.72. The van der Waals surface area contributed by atoms with Crippen LogP contribution in [0.4, 0.5) is 4.79 Å². The van der Waals surface area contributed by atoms with Gasteiger partial charge in [-0.2, -0.15) is 0 Å². The average Bonchev–Trinajstić information content (AvgIpc) is 3.40. The van der Waals surface area contributed by atoms with Crippen molar-refractivity contribution in [1.82, 2.24) is 10.3 Å². The molecule has 1 aromatic heterocycles. The molecule has 0 unspecified atom stereocenters. The zero-order valence-electron chi connectivity index (χ0n) is 21.2. The number of rotatable bonds is 7. The Hall–Kier alpha value is -3.56. The first-order valence-corrected chi connectivity index (χ1v) is 11.8. The average molecular weight is 490 g/mol. The van der Waals surface area contributed by atoms with Crippen molar-refractivity contribution in [3.63, 3.8) is 0 Å². The number of fused-ring (bicyclic) bond motifs is 1. The summed E-state index contributed by atoms with van der Waals surface area (Å²) in [6.07, 6.45) is 3.06. The molecule has 188 valence electrons. The third-order valence-electron chi connectivity index (χ3n) is 6.65. The van der Waals surface area contributed by atoms with Crippen LogP contribution in [0.2, 0.25) is 0 Å². The van der Waals surface area contributed by atoms with Crippen LogP contribution in [0, 0.1) is 0 Å². The van der Waals surface area contributed by atoms with Crippen LogP contribution in [0.15, 0.2) is 60.2 Å². The fourth-order valence-corrected chi connectivity index (χ4v) is 3.91. The van der Waals surface area contributed by atoms with Crippen molar-refractivity contribution in [2.75, 3.05) is 13.7 Å². The number of aromatic amines is 1. The van der Waals surface area contributed by atoms with Gasteiger partial charge in [0.25, 0.3) is 0 Å². The van der Waals surface area contributed by atoms with Gasteiger partial charge in [0.2, 0.25) is 0 Å². The van der Waals surface area contributed by atoms with E-state index in [-0.39, 0.29) is 13.2 Å². The monoisotopic (exact) mass is 490 g/mol. The number of amides is 1. The summed E-state index contributed by atoms with van der Waals surface area (Å²) in [7, 11) is 0.648. The van der Waals surface area contributed by atoms with E-state index in [1.807, 2.05) is 76.2 Å². The number of H-pyrrole nitrogens is 1. The predicted octanol–water partition coefficient (Wildman–Crippen LogP) is 4.90. The minimum Gasteiger partial charge on any atom is -0.465 e. The van der Waals surface area contributed by atoms with Crippen LogP contribution in [0.1, 0.15) is 49.2 Å². The maximum atomic E-state index is 12.5. The van der Waals surface area contributed by atoms with Crippen LogP contribution in [-0.2, 0) is 25.4 Å². The van der Waals surface area contributed by atoms with Crippen molar-refractivity contribution in [3.8, 4) is 0 Å². The summed E-state index contributed by atoms with van der Waals surface area (Å²) in [5.41, 5.74) is 2.39. The topological polar surface area (TPSA) is 98.9 Å². The molecule has 0 saturated carbocycles. The Labute approximate surface area is 211 Å². The number of carbonyl (C=O) groups excluding carboxylic acids is 2. The summed E-state index contributed by atoms with van der Waals surface area (Å²) in [5.74, 6) is -0.436. The van der Waals surface area contributed by atoms with Gasteiger partial charge >= 0.3 is 19.2 Å². The van der Waals surface area contributed by atoms with E-state index in [9.17, 15) is 9.59 Å². The fraction of sp³-hybridized carbons (Fsp3) is 0.333. The lowest BCUT2D eigenvalue weighted by Crippen LogP contribution is -2.41. The second kappa shape index (κ2) is 10.2. The van der Waals surface area contributed by atoms with Gasteiger partial charge in [0.05, 0.1) is 23.9 Å². The van der Waals surface area contributed by atoms with Gasteiger partial charge in [0, 0.05) is 23.6 Å². The van der Waals surface area contributed by atoms with Crippen LogP contribution >= 0.6 is 0 Å². The zero-order chi connectivity index (χ0) is 25.9. The standard InChI is InChI=1S/C27H31BN2O6/c1-26(2)27(3,4)36-28(35-26)20(16-30-25(32)34-17-18-9-7-6-8-10-18)13-19-14-22(24(31)33-5)21-11-12-29-23(21)15-19/h6-15,29H,16-17H2,1-5H3,(H,30,32). The highest BCUT2D eigenvalue weighted by Crippen LogP contribution is 2.39. The number of alkyl carbamates (subject to hydrolysis) is 1. The van der Waals surface area contributed by atoms with E-state index >= 15 is 0 Å². The summed E-state index contributed by atoms with van der Waals surface area (Å²) in [6.45, 7) is 8.15. The number of nitrogens with one attached hydrogen (secondary N) is 2. The highest BCUT2D eigenvalue weighted by molar-refractivity contribution is 6.56. The normalized spacial score (nSPS) is 16.7. The summed E-state index contributed by atoms with van der Waals surface area (Å²) >= 11 is 0. The molecular formula is C27H31BN2O6. The lowest BCUT2D eigenvalue weighted by Gasteiger charge is -2.32. The number of benzene rings is 2. The Morgan fingerprint density at radius 3 is 2.42 bits per heavy atom. The van der Waals surface area contributed by atoms with Gasteiger partial charge in [-0.3, -0.25) is 0 Å². The summed E-state index contributed by atoms with van der Waals surface area (Å²) in [6, 6.07) is 15.0. The molecule has 0 aliphatic carbocycles. The van der Waals surface area contributed by atoms with Crippen molar-refractivity contribution in [2.45, 2.75) is 45.5 Å². The van der Waals surface area contributed by atoms with Gasteiger partial charge in [-0.25, -0.2) is 9.59 Å². The van der Waals surface area contributed by atoms with Gasteiger partial charge in [-0.15, -0.1) is 0 Å². The highest BCUT2D eigenvalue weighted by Gasteiger charge is 2.52. The Balaban J connectivity index is 1.60. The molecule has 36 heavy (non-hydrogen) atoms. The van der Waals surface area contributed by atoms with Crippen molar-refractivity contribution >= 4 is 36.2 Å². The van der Waals surface area contributed by atoms with E-state index in [2.05, 4.69) is 10.3 Å². The molecule has 1 aliphatic rings. The molecule has 1 aliphatic heterocycles. The minimum absolute atomic E-state index is 0.126. The molecule has 9 heteroatoms. The molecule has 1 fully saturated rings. The van der Waals surface area contributed by atoms with Crippen LogP contribution in [-0.4, -0.2) is 49.0 Å². The van der Waals surface area contributed by atoms with E-state index in [4.69, 9.17) is 18.8 Å². The smallest absolute Gasteiger partial charge is 0.465 e. The van der Waals surface area contributed by atoms with Gasteiger partial charge in [0.15, 0.2) is 0 Å². The molecule has 0 spiro atoms. The van der Waals surface area contributed by atoms with Crippen LogP contribution in [0.5, 0.6) is 0 Å². The van der Waals surface area contributed by atoms with Gasteiger partial charge in [0.1, 0.15) is 6.61 Å². The molecule has 3 aromatic rings. The maximum absolute atomic E-state index is 12.5. The Kier molecular flexibility index (Phi) is 7.24. The van der Waals surface area contributed by atoms with Crippen molar-refractivity contribution < 1.29 is 28.4 Å². The Bertz CT molecular complexity index is 1270. The molecule has 8 nitrogen and oxygen atoms in total. The van der Waals surface area contributed by atoms with E-state index < -0.39 is 30.4 Å². The molecule has 0 bridgehead atoms. The van der Waals surface area contributed by atoms with Crippen molar-refractivity contribution in [2.24, 2.45) is 0 Å². The molecule has 0 atom stereocenters. The summed E-state index contributed by atoms with van der Waals surface area (Å²) in [4.78, 5) is 28.0. The lowest BCUT2D eigenvalue weighted by molar-refractivity contribution is 0.00578.